The Morgan fingerprint density at radius 1 is 1.20 bits per heavy atom. The summed E-state index contributed by atoms with van der Waals surface area (Å²) >= 11 is 0. The summed E-state index contributed by atoms with van der Waals surface area (Å²) in [5, 5.41) is 0. The van der Waals surface area contributed by atoms with Gasteiger partial charge in [0.15, 0.2) is 0 Å². The lowest BCUT2D eigenvalue weighted by atomic mass is 9.68. The normalized spacial score (nSPS) is 37.5. The smallest absolute Gasteiger partial charge is 0.0625 e. The third-order valence-corrected chi connectivity index (χ3v) is 3.33. The Morgan fingerprint density at radius 2 is 1.90 bits per heavy atom. The molecule has 0 aromatic rings. The second-order valence-corrected chi connectivity index (χ2v) is 3.88. The number of rotatable bonds is 0. The first-order valence-corrected chi connectivity index (χ1v) is 4.45. The SMILES string of the molecule is CC1OCC12CCCCC2. The van der Waals surface area contributed by atoms with Gasteiger partial charge in [-0.15, -0.1) is 0 Å². The maximum absolute atomic E-state index is 5.42. The quantitative estimate of drug-likeness (QED) is 0.502. The Hall–Kier alpha value is -0.0400. The monoisotopic (exact) mass is 140 g/mol. The van der Waals surface area contributed by atoms with Crippen LogP contribution in [0.15, 0.2) is 0 Å². The molecule has 58 valence electrons. The Labute approximate surface area is 62.8 Å². The van der Waals surface area contributed by atoms with Crippen molar-refractivity contribution in [1.29, 1.82) is 0 Å². The first-order valence-electron chi connectivity index (χ1n) is 4.45. The lowest BCUT2D eigenvalue weighted by Gasteiger charge is -2.50. The number of hydrogen-bond donors (Lipinski definition) is 0. The molecule has 1 saturated heterocycles. The molecule has 1 heteroatoms. The summed E-state index contributed by atoms with van der Waals surface area (Å²) in [5.74, 6) is 0. The van der Waals surface area contributed by atoms with Gasteiger partial charge >= 0.3 is 0 Å². The van der Waals surface area contributed by atoms with Crippen molar-refractivity contribution in [3.8, 4) is 0 Å². The van der Waals surface area contributed by atoms with Crippen LogP contribution in [0.2, 0.25) is 0 Å². The molecule has 10 heavy (non-hydrogen) atoms. The number of ether oxygens (including phenoxy) is 1. The van der Waals surface area contributed by atoms with Crippen molar-refractivity contribution in [2.45, 2.75) is 45.1 Å². The van der Waals surface area contributed by atoms with Crippen LogP contribution >= 0.6 is 0 Å². The van der Waals surface area contributed by atoms with Crippen molar-refractivity contribution in [1.82, 2.24) is 0 Å². The third-order valence-electron chi connectivity index (χ3n) is 3.33. The predicted octanol–water partition coefficient (Wildman–Crippen LogP) is 2.36. The maximum Gasteiger partial charge on any atom is 0.0625 e. The van der Waals surface area contributed by atoms with E-state index in [1.165, 1.54) is 32.1 Å². The van der Waals surface area contributed by atoms with Crippen molar-refractivity contribution >= 4 is 0 Å². The Morgan fingerprint density at radius 3 is 2.20 bits per heavy atom. The molecule has 0 aromatic heterocycles. The minimum Gasteiger partial charge on any atom is -0.377 e. The molecule has 1 aliphatic heterocycles. The van der Waals surface area contributed by atoms with Crippen LogP contribution in [0, 0.1) is 5.41 Å². The molecule has 2 rings (SSSR count). The van der Waals surface area contributed by atoms with Crippen LogP contribution in [0.25, 0.3) is 0 Å². The van der Waals surface area contributed by atoms with E-state index in [0.717, 1.165) is 6.61 Å². The molecule has 0 radical (unpaired) electrons. The van der Waals surface area contributed by atoms with E-state index in [4.69, 9.17) is 4.74 Å². The predicted molar refractivity (Wildman–Crippen MR) is 40.9 cm³/mol. The molecule has 1 saturated carbocycles. The highest BCUT2D eigenvalue weighted by atomic mass is 16.5. The van der Waals surface area contributed by atoms with E-state index in [0.29, 0.717) is 11.5 Å². The molecular weight excluding hydrogens is 124 g/mol. The second kappa shape index (κ2) is 2.23. The van der Waals surface area contributed by atoms with Gasteiger partial charge in [-0.2, -0.15) is 0 Å². The number of hydrogen-bond acceptors (Lipinski definition) is 1. The van der Waals surface area contributed by atoms with Crippen LogP contribution in [0.1, 0.15) is 39.0 Å². The fourth-order valence-corrected chi connectivity index (χ4v) is 2.29. The van der Waals surface area contributed by atoms with Crippen LogP contribution in [0.4, 0.5) is 0 Å². The van der Waals surface area contributed by atoms with Crippen molar-refractivity contribution in [3.05, 3.63) is 0 Å². The zero-order valence-corrected chi connectivity index (χ0v) is 6.73. The van der Waals surface area contributed by atoms with Crippen LogP contribution in [0.3, 0.4) is 0 Å². The first kappa shape index (κ1) is 6.66. The first-order chi connectivity index (χ1) is 4.83. The molecule has 0 amide bonds. The van der Waals surface area contributed by atoms with Gasteiger partial charge in [-0.1, -0.05) is 19.3 Å². The van der Waals surface area contributed by atoms with E-state index >= 15 is 0 Å². The van der Waals surface area contributed by atoms with Gasteiger partial charge in [0.25, 0.3) is 0 Å². The van der Waals surface area contributed by atoms with Crippen molar-refractivity contribution in [3.63, 3.8) is 0 Å². The Bertz CT molecular complexity index is 125. The van der Waals surface area contributed by atoms with Crippen molar-refractivity contribution < 1.29 is 4.74 Å². The van der Waals surface area contributed by atoms with Crippen LogP contribution in [-0.4, -0.2) is 12.7 Å². The fraction of sp³-hybridized carbons (Fsp3) is 1.00. The summed E-state index contributed by atoms with van der Waals surface area (Å²) < 4.78 is 5.42. The van der Waals surface area contributed by atoms with Gasteiger partial charge in [-0.25, -0.2) is 0 Å². The Balaban J connectivity index is 1.99. The Kier molecular flexibility index (Phi) is 1.48. The van der Waals surface area contributed by atoms with E-state index in [1.54, 1.807) is 0 Å². The van der Waals surface area contributed by atoms with Gasteiger partial charge in [0, 0.05) is 5.41 Å². The second-order valence-electron chi connectivity index (χ2n) is 3.88. The van der Waals surface area contributed by atoms with Gasteiger partial charge in [0.1, 0.15) is 0 Å². The summed E-state index contributed by atoms with van der Waals surface area (Å²) in [6, 6.07) is 0. The summed E-state index contributed by atoms with van der Waals surface area (Å²) in [6.45, 7) is 3.28. The van der Waals surface area contributed by atoms with E-state index < -0.39 is 0 Å². The van der Waals surface area contributed by atoms with Crippen LogP contribution in [0.5, 0.6) is 0 Å². The molecule has 1 atom stereocenters. The van der Waals surface area contributed by atoms with Gasteiger partial charge in [0.05, 0.1) is 12.7 Å². The van der Waals surface area contributed by atoms with Crippen molar-refractivity contribution in [2.75, 3.05) is 6.61 Å². The molecule has 0 aromatic carbocycles. The highest BCUT2D eigenvalue weighted by molar-refractivity contribution is 4.93. The summed E-state index contributed by atoms with van der Waals surface area (Å²) in [6.07, 6.45) is 7.74. The van der Waals surface area contributed by atoms with E-state index in [1.807, 2.05) is 0 Å². The average Bonchev–Trinajstić information content (AvgIpc) is 2.04. The highest BCUT2D eigenvalue weighted by Gasteiger charge is 2.45. The average molecular weight is 140 g/mol. The zero-order chi connectivity index (χ0) is 7.03. The summed E-state index contributed by atoms with van der Waals surface area (Å²) in [5.41, 5.74) is 0.637. The molecule has 0 bridgehead atoms. The molecule has 1 aliphatic carbocycles. The van der Waals surface area contributed by atoms with Gasteiger partial charge in [-0.3, -0.25) is 0 Å². The van der Waals surface area contributed by atoms with Gasteiger partial charge < -0.3 is 4.74 Å². The fourth-order valence-electron chi connectivity index (χ4n) is 2.29. The highest BCUT2D eigenvalue weighted by Crippen LogP contribution is 2.46. The van der Waals surface area contributed by atoms with E-state index in [-0.39, 0.29) is 0 Å². The lowest BCUT2D eigenvalue weighted by molar-refractivity contribution is -0.191. The van der Waals surface area contributed by atoms with E-state index in [9.17, 15) is 0 Å². The van der Waals surface area contributed by atoms with Crippen LogP contribution < -0.4 is 0 Å². The molecule has 1 heterocycles. The standard InChI is InChI=1S/C9H16O/c1-8-9(7-10-8)5-3-2-4-6-9/h8H,2-7H2,1H3. The third kappa shape index (κ3) is 0.800. The zero-order valence-electron chi connectivity index (χ0n) is 6.73. The van der Waals surface area contributed by atoms with Crippen LogP contribution in [-0.2, 0) is 4.74 Å². The molecule has 1 spiro atoms. The van der Waals surface area contributed by atoms with E-state index in [2.05, 4.69) is 6.92 Å². The molecule has 0 N–H and O–H groups in total. The molecule has 2 fully saturated rings. The molecular formula is C9H16O. The van der Waals surface area contributed by atoms with Gasteiger partial charge in [-0.05, 0) is 19.8 Å². The van der Waals surface area contributed by atoms with Gasteiger partial charge in [0.2, 0.25) is 0 Å². The largest absolute Gasteiger partial charge is 0.377 e. The summed E-state index contributed by atoms with van der Waals surface area (Å²) in [4.78, 5) is 0. The maximum atomic E-state index is 5.42. The van der Waals surface area contributed by atoms with Crippen molar-refractivity contribution in [2.24, 2.45) is 5.41 Å². The molecule has 2 aliphatic rings. The molecule has 1 nitrogen and oxygen atoms in total. The molecule has 1 unspecified atom stereocenters. The minimum atomic E-state index is 0.563. The summed E-state index contributed by atoms with van der Waals surface area (Å²) in [7, 11) is 0. The minimum absolute atomic E-state index is 0.563. The topological polar surface area (TPSA) is 9.23 Å². The lowest BCUT2D eigenvalue weighted by Crippen LogP contribution is -2.51.